The average molecular weight is 432 g/mol. The summed E-state index contributed by atoms with van der Waals surface area (Å²) in [5.74, 6) is 1.37. The van der Waals surface area contributed by atoms with Crippen molar-refractivity contribution in [3.05, 3.63) is 39.0 Å². The summed E-state index contributed by atoms with van der Waals surface area (Å²) in [6.07, 6.45) is 1.46. The fourth-order valence-corrected chi connectivity index (χ4v) is 3.82. The summed E-state index contributed by atoms with van der Waals surface area (Å²) in [5, 5.41) is 2.92. The molecule has 1 aromatic heterocycles. The third-order valence-corrected chi connectivity index (χ3v) is 5.55. The van der Waals surface area contributed by atoms with E-state index in [1.54, 1.807) is 19.2 Å². The number of methoxy groups -OCH3 is 3. The normalized spacial score (nSPS) is 16.0. The largest absolute Gasteiger partial charge is 0.493 e. The van der Waals surface area contributed by atoms with E-state index in [0.717, 1.165) is 11.0 Å². The summed E-state index contributed by atoms with van der Waals surface area (Å²) < 4.78 is 18.5. The fraction of sp³-hybridized carbons (Fsp3) is 0.476. The van der Waals surface area contributed by atoms with Crippen molar-refractivity contribution in [1.29, 1.82) is 0 Å². The summed E-state index contributed by atoms with van der Waals surface area (Å²) >= 11 is 0. The highest BCUT2D eigenvalue weighted by molar-refractivity contribution is 5.93. The lowest BCUT2D eigenvalue weighted by Crippen LogP contribution is -2.45. The molecule has 2 heterocycles. The Morgan fingerprint density at radius 2 is 1.65 bits per heavy atom. The number of carbonyl (C=O) groups is 1. The van der Waals surface area contributed by atoms with Gasteiger partial charge in [-0.2, -0.15) is 0 Å². The van der Waals surface area contributed by atoms with Crippen LogP contribution in [-0.2, 0) is 18.9 Å². The van der Waals surface area contributed by atoms with E-state index in [0.29, 0.717) is 48.3 Å². The first kappa shape index (κ1) is 22.3. The van der Waals surface area contributed by atoms with Gasteiger partial charge >= 0.3 is 5.69 Å². The second-order valence-electron chi connectivity index (χ2n) is 7.43. The van der Waals surface area contributed by atoms with Crippen LogP contribution in [0.1, 0.15) is 12.8 Å². The average Bonchev–Trinajstić information content (AvgIpc) is 2.79. The molecule has 1 aliphatic rings. The van der Waals surface area contributed by atoms with E-state index in [-0.39, 0.29) is 17.4 Å². The molecule has 1 N–H and O–H groups in total. The first-order valence-electron chi connectivity index (χ1n) is 9.93. The van der Waals surface area contributed by atoms with Crippen LogP contribution in [0.5, 0.6) is 17.2 Å². The van der Waals surface area contributed by atoms with Crippen molar-refractivity contribution in [3.8, 4) is 17.2 Å². The lowest BCUT2D eigenvalue weighted by molar-refractivity contribution is -0.120. The predicted molar refractivity (Wildman–Crippen MR) is 117 cm³/mol. The first-order valence-corrected chi connectivity index (χ1v) is 9.93. The summed E-state index contributed by atoms with van der Waals surface area (Å²) in [4.78, 5) is 39.3. The number of nitrogens with one attached hydrogen (secondary N) is 1. The van der Waals surface area contributed by atoms with Crippen LogP contribution in [0.4, 0.5) is 11.5 Å². The van der Waals surface area contributed by atoms with Gasteiger partial charge in [0.1, 0.15) is 5.82 Å². The number of amides is 1. The number of nitrogens with zero attached hydrogens (tertiary/aromatic N) is 3. The molecular weight excluding hydrogens is 404 g/mol. The Labute approximate surface area is 179 Å². The number of benzene rings is 1. The second kappa shape index (κ2) is 9.15. The van der Waals surface area contributed by atoms with Crippen LogP contribution in [0.2, 0.25) is 0 Å². The summed E-state index contributed by atoms with van der Waals surface area (Å²) in [7, 11) is 7.60. The molecule has 0 aliphatic carbocycles. The van der Waals surface area contributed by atoms with Crippen molar-refractivity contribution in [2.75, 3.05) is 44.6 Å². The molecule has 2 aromatic rings. The Kier molecular flexibility index (Phi) is 6.57. The standard InChI is InChI=1S/C21H28N4O6/c1-23-17(11-18(26)24(2)21(23)28)25-8-6-7-13(12-25)20(27)22-14-9-15(29-3)19(31-5)16(10-14)30-4/h9-11,13H,6-8,12H2,1-5H3,(H,22,27)/t13-/m0/s1. The minimum absolute atomic E-state index is 0.159. The third-order valence-electron chi connectivity index (χ3n) is 5.55. The Morgan fingerprint density at radius 1 is 1.00 bits per heavy atom. The quantitative estimate of drug-likeness (QED) is 0.725. The molecule has 1 amide bonds. The van der Waals surface area contributed by atoms with Gasteiger partial charge in [-0.05, 0) is 12.8 Å². The summed E-state index contributed by atoms with van der Waals surface area (Å²) in [6.45, 7) is 1.06. The lowest BCUT2D eigenvalue weighted by Gasteiger charge is -2.34. The third kappa shape index (κ3) is 4.37. The van der Waals surface area contributed by atoms with Gasteiger partial charge in [0, 0.05) is 51.1 Å². The summed E-state index contributed by atoms with van der Waals surface area (Å²) in [6, 6.07) is 4.77. The maximum atomic E-state index is 13.0. The van der Waals surface area contributed by atoms with Crippen LogP contribution in [0.3, 0.4) is 0 Å². The molecule has 1 aromatic carbocycles. The molecule has 0 radical (unpaired) electrons. The topological polar surface area (TPSA) is 104 Å². The smallest absolute Gasteiger partial charge is 0.332 e. The van der Waals surface area contributed by atoms with E-state index in [9.17, 15) is 14.4 Å². The molecule has 31 heavy (non-hydrogen) atoms. The first-order chi connectivity index (χ1) is 14.8. The minimum Gasteiger partial charge on any atom is -0.493 e. The van der Waals surface area contributed by atoms with E-state index in [1.807, 2.05) is 4.90 Å². The van der Waals surface area contributed by atoms with Crippen LogP contribution in [-0.4, -0.2) is 49.5 Å². The van der Waals surface area contributed by atoms with Crippen LogP contribution >= 0.6 is 0 Å². The van der Waals surface area contributed by atoms with Crippen LogP contribution in [0, 0.1) is 5.92 Å². The number of rotatable bonds is 6. The zero-order valence-electron chi connectivity index (χ0n) is 18.4. The number of aromatic nitrogens is 2. The Bertz CT molecular complexity index is 1070. The van der Waals surface area contributed by atoms with Crippen molar-refractivity contribution in [1.82, 2.24) is 9.13 Å². The van der Waals surface area contributed by atoms with E-state index >= 15 is 0 Å². The van der Waals surface area contributed by atoms with Gasteiger partial charge in [-0.25, -0.2) is 4.79 Å². The van der Waals surface area contributed by atoms with E-state index < -0.39 is 5.69 Å². The van der Waals surface area contributed by atoms with Gasteiger partial charge in [0.05, 0.1) is 27.2 Å². The predicted octanol–water partition coefficient (Wildman–Crippen LogP) is 0.965. The zero-order valence-corrected chi connectivity index (χ0v) is 18.4. The molecule has 0 spiro atoms. The highest BCUT2D eigenvalue weighted by atomic mass is 16.5. The number of hydrogen-bond acceptors (Lipinski definition) is 7. The van der Waals surface area contributed by atoms with Gasteiger partial charge in [-0.1, -0.05) is 0 Å². The van der Waals surface area contributed by atoms with Crippen LogP contribution in [0.15, 0.2) is 27.8 Å². The molecular formula is C21H28N4O6. The van der Waals surface area contributed by atoms with Gasteiger partial charge in [0.25, 0.3) is 5.56 Å². The monoisotopic (exact) mass is 432 g/mol. The molecule has 3 rings (SSSR count). The molecule has 1 saturated heterocycles. The fourth-order valence-electron chi connectivity index (χ4n) is 3.82. The molecule has 168 valence electrons. The number of hydrogen-bond donors (Lipinski definition) is 1. The van der Waals surface area contributed by atoms with Gasteiger partial charge in [0.2, 0.25) is 11.7 Å². The number of piperidine rings is 1. The molecule has 0 bridgehead atoms. The second-order valence-corrected chi connectivity index (χ2v) is 7.43. The molecule has 0 saturated carbocycles. The van der Waals surface area contributed by atoms with Gasteiger partial charge in [0.15, 0.2) is 11.5 Å². The van der Waals surface area contributed by atoms with Crippen molar-refractivity contribution in [2.45, 2.75) is 12.8 Å². The maximum Gasteiger partial charge on any atom is 0.332 e. The maximum absolute atomic E-state index is 13.0. The molecule has 1 aliphatic heterocycles. The summed E-state index contributed by atoms with van der Waals surface area (Å²) in [5.41, 5.74) is -0.244. The van der Waals surface area contributed by atoms with Crippen LogP contribution < -0.4 is 35.7 Å². The minimum atomic E-state index is -0.397. The number of carbonyl (C=O) groups excluding carboxylic acids is 1. The van der Waals surface area contributed by atoms with E-state index in [4.69, 9.17) is 14.2 Å². The number of ether oxygens (including phenoxy) is 3. The lowest BCUT2D eigenvalue weighted by atomic mass is 9.97. The van der Waals surface area contributed by atoms with Crippen molar-refractivity contribution in [3.63, 3.8) is 0 Å². The number of anilines is 2. The van der Waals surface area contributed by atoms with Crippen molar-refractivity contribution >= 4 is 17.4 Å². The van der Waals surface area contributed by atoms with Gasteiger partial charge in [-0.15, -0.1) is 0 Å². The van der Waals surface area contributed by atoms with Gasteiger partial charge < -0.3 is 24.4 Å². The Balaban J connectivity index is 1.81. The van der Waals surface area contributed by atoms with Crippen molar-refractivity contribution in [2.24, 2.45) is 20.0 Å². The molecule has 10 nitrogen and oxygen atoms in total. The van der Waals surface area contributed by atoms with Crippen molar-refractivity contribution < 1.29 is 19.0 Å². The Morgan fingerprint density at radius 3 is 2.23 bits per heavy atom. The molecule has 1 fully saturated rings. The molecule has 0 unspecified atom stereocenters. The van der Waals surface area contributed by atoms with E-state index in [1.165, 1.54) is 39.0 Å². The molecule has 1 atom stereocenters. The van der Waals surface area contributed by atoms with Crippen LogP contribution in [0.25, 0.3) is 0 Å². The highest BCUT2D eigenvalue weighted by Gasteiger charge is 2.28. The Hall–Kier alpha value is -3.43. The molecule has 10 heteroatoms. The van der Waals surface area contributed by atoms with Gasteiger partial charge in [-0.3, -0.25) is 18.7 Å². The highest BCUT2D eigenvalue weighted by Crippen LogP contribution is 2.40. The zero-order chi connectivity index (χ0) is 22.7. The van der Waals surface area contributed by atoms with E-state index in [2.05, 4.69) is 5.32 Å². The SMILES string of the molecule is COc1cc(NC(=O)[C@H]2CCCN(c3cc(=O)n(C)c(=O)n3C)C2)cc(OC)c1OC.